The van der Waals surface area contributed by atoms with Gasteiger partial charge in [0.2, 0.25) is 0 Å². The minimum absolute atomic E-state index is 0.0572. The number of nitrogens with zero attached hydrogens (tertiary/aromatic N) is 3. The molecule has 1 aromatic heterocycles. The van der Waals surface area contributed by atoms with E-state index in [-0.39, 0.29) is 23.4 Å². The Labute approximate surface area is 114 Å². The third kappa shape index (κ3) is 2.71. The van der Waals surface area contributed by atoms with Gasteiger partial charge in [-0.1, -0.05) is 6.92 Å². The van der Waals surface area contributed by atoms with Crippen molar-refractivity contribution in [3.05, 3.63) is 45.0 Å². The zero-order valence-electron chi connectivity index (χ0n) is 10.9. The number of Topliss-reactive ketones (excluding diaryl/α,β-unsaturated/α-hetero) is 1. The van der Waals surface area contributed by atoms with E-state index in [9.17, 15) is 19.7 Å². The molecule has 2 rings (SSSR count). The van der Waals surface area contributed by atoms with Gasteiger partial charge in [-0.05, 0) is 12.5 Å². The Balaban J connectivity index is 2.48. The number of non-ortho nitro benzene ring substituents is 1. The average Bonchev–Trinajstić information content (AvgIpc) is 2.42. The van der Waals surface area contributed by atoms with E-state index in [1.54, 1.807) is 0 Å². The van der Waals surface area contributed by atoms with Gasteiger partial charge in [0.15, 0.2) is 5.78 Å². The SMILES string of the molecule is CCCC(=O)Cn1cnc2ccc([N+](=O)[O-])cc2c1=O. The maximum absolute atomic E-state index is 12.2. The molecule has 0 aliphatic carbocycles. The molecule has 0 aliphatic rings. The second kappa shape index (κ2) is 5.60. The van der Waals surface area contributed by atoms with Crippen molar-refractivity contribution in [2.24, 2.45) is 0 Å². The molecule has 0 amide bonds. The van der Waals surface area contributed by atoms with E-state index in [2.05, 4.69) is 4.98 Å². The summed E-state index contributed by atoms with van der Waals surface area (Å²) in [5.74, 6) is -0.0684. The molecule has 0 saturated heterocycles. The first-order chi connectivity index (χ1) is 9.52. The molecule has 1 heterocycles. The highest BCUT2D eigenvalue weighted by Crippen LogP contribution is 2.16. The molecule has 1 aromatic carbocycles. The minimum atomic E-state index is -0.571. The van der Waals surface area contributed by atoms with Crippen LogP contribution in [0, 0.1) is 10.1 Å². The number of rotatable bonds is 5. The zero-order valence-corrected chi connectivity index (χ0v) is 10.9. The maximum Gasteiger partial charge on any atom is 0.270 e. The van der Waals surface area contributed by atoms with E-state index in [0.29, 0.717) is 18.4 Å². The van der Waals surface area contributed by atoms with Crippen molar-refractivity contribution >= 4 is 22.4 Å². The highest BCUT2D eigenvalue weighted by molar-refractivity contribution is 5.81. The monoisotopic (exact) mass is 275 g/mol. The summed E-state index contributed by atoms with van der Waals surface area (Å²) in [4.78, 5) is 38.0. The number of aromatic nitrogens is 2. The van der Waals surface area contributed by atoms with Crippen LogP contribution in [-0.2, 0) is 11.3 Å². The number of carbonyl (C=O) groups is 1. The number of fused-ring (bicyclic) bond motifs is 1. The number of hydrogen-bond donors (Lipinski definition) is 0. The van der Waals surface area contributed by atoms with Crippen molar-refractivity contribution in [2.45, 2.75) is 26.3 Å². The molecule has 20 heavy (non-hydrogen) atoms. The molecule has 104 valence electrons. The van der Waals surface area contributed by atoms with Crippen LogP contribution >= 0.6 is 0 Å². The van der Waals surface area contributed by atoms with Gasteiger partial charge in [0.05, 0.1) is 28.7 Å². The number of carbonyl (C=O) groups excluding carboxylic acids is 1. The van der Waals surface area contributed by atoms with Crippen LogP contribution in [0.5, 0.6) is 0 Å². The van der Waals surface area contributed by atoms with Gasteiger partial charge in [-0.25, -0.2) is 4.98 Å². The van der Waals surface area contributed by atoms with Crippen LogP contribution in [0.1, 0.15) is 19.8 Å². The second-order valence-electron chi connectivity index (χ2n) is 4.42. The van der Waals surface area contributed by atoms with E-state index < -0.39 is 10.5 Å². The fraction of sp³-hybridized carbons (Fsp3) is 0.308. The lowest BCUT2D eigenvalue weighted by Crippen LogP contribution is -2.24. The quantitative estimate of drug-likeness (QED) is 0.611. The predicted octanol–water partition coefficient (Wildman–Crippen LogP) is 1.67. The molecule has 0 saturated carbocycles. The molecular weight excluding hydrogens is 262 g/mol. The predicted molar refractivity (Wildman–Crippen MR) is 72.6 cm³/mol. The number of benzene rings is 1. The first-order valence-electron chi connectivity index (χ1n) is 6.18. The van der Waals surface area contributed by atoms with Crippen LogP contribution in [-0.4, -0.2) is 20.3 Å². The average molecular weight is 275 g/mol. The largest absolute Gasteiger partial charge is 0.298 e. The smallest absolute Gasteiger partial charge is 0.270 e. The van der Waals surface area contributed by atoms with E-state index in [4.69, 9.17) is 0 Å². The van der Waals surface area contributed by atoms with E-state index >= 15 is 0 Å². The summed E-state index contributed by atoms with van der Waals surface area (Å²) in [6.07, 6.45) is 2.39. The van der Waals surface area contributed by atoms with Crippen molar-refractivity contribution in [2.75, 3.05) is 0 Å². The highest BCUT2D eigenvalue weighted by atomic mass is 16.6. The Morgan fingerprint density at radius 1 is 1.45 bits per heavy atom. The van der Waals surface area contributed by atoms with Crippen LogP contribution in [0.15, 0.2) is 29.3 Å². The van der Waals surface area contributed by atoms with E-state index in [1.807, 2.05) is 6.92 Å². The fourth-order valence-electron chi connectivity index (χ4n) is 1.92. The molecule has 0 N–H and O–H groups in total. The summed E-state index contributed by atoms with van der Waals surface area (Å²) >= 11 is 0. The van der Waals surface area contributed by atoms with Gasteiger partial charge in [-0.2, -0.15) is 0 Å². The Bertz CT molecular complexity index is 736. The third-order valence-electron chi connectivity index (χ3n) is 2.89. The first kappa shape index (κ1) is 13.9. The Hall–Kier alpha value is -2.57. The van der Waals surface area contributed by atoms with Crippen molar-refractivity contribution < 1.29 is 9.72 Å². The van der Waals surface area contributed by atoms with Gasteiger partial charge in [0.25, 0.3) is 11.2 Å². The van der Waals surface area contributed by atoms with Crippen LogP contribution < -0.4 is 5.56 Å². The molecule has 0 radical (unpaired) electrons. The van der Waals surface area contributed by atoms with Gasteiger partial charge in [0.1, 0.15) is 0 Å². The molecule has 7 nitrogen and oxygen atoms in total. The van der Waals surface area contributed by atoms with Gasteiger partial charge < -0.3 is 0 Å². The van der Waals surface area contributed by atoms with Crippen LogP contribution in [0.2, 0.25) is 0 Å². The summed E-state index contributed by atoms with van der Waals surface area (Å²) in [5, 5.41) is 10.9. The zero-order chi connectivity index (χ0) is 14.7. The highest BCUT2D eigenvalue weighted by Gasteiger charge is 2.12. The van der Waals surface area contributed by atoms with Gasteiger partial charge >= 0.3 is 0 Å². The van der Waals surface area contributed by atoms with E-state index in [1.165, 1.54) is 29.1 Å². The Kier molecular flexibility index (Phi) is 3.88. The number of nitro groups is 1. The van der Waals surface area contributed by atoms with Crippen molar-refractivity contribution in [3.63, 3.8) is 0 Å². The lowest BCUT2D eigenvalue weighted by atomic mass is 10.2. The summed E-state index contributed by atoms with van der Waals surface area (Å²) in [6.45, 7) is 1.82. The first-order valence-corrected chi connectivity index (χ1v) is 6.18. The Morgan fingerprint density at radius 2 is 2.20 bits per heavy atom. The molecule has 0 bridgehead atoms. The summed E-state index contributed by atoms with van der Waals surface area (Å²) in [6, 6.07) is 3.90. The summed E-state index contributed by atoms with van der Waals surface area (Å²) < 4.78 is 1.18. The molecule has 0 aliphatic heterocycles. The maximum atomic E-state index is 12.2. The standard InChI is InChI=1S/C13H13N3O4/c1-2-3-10(17)7-15-8-14-12-5-4-9(16(19)20)6-11(12)13(15)18/h4-6,8H,2-3,7H2,1H3. The second-order valence-corrected chi connectivity index (χ2v) is 4.42. The van der Waals surface area contributed by atoms with Gasteiger partial charge in [-0.3, -0.25) is 24.3 Å². The summed E-state index contributed by atoms with van der Waals surface area (Å²) in [5.41, 5.74) is -0.239. The normalized spacial score (nSPS) is 10.7. The fourth-order valence-corrected chi connectivity index (χ4v) is 1.92. The molecular formula is C13H13N3O4. The molecule has 0 atom stereocenters. The number of ketones is 1. The molecule has 0 spiro atoms. The molecule has 2 aromatic rings. The number of nitro benzene ring substituents is 1. The molecule has 0 unspecified atom stereocenters. The van der Waals surface area contributed by atoms with E-state index in [0.717, 1.165) is 0 Å². The van der Waals surface area contributed by atoms with Crippen molar-refractivity contribution in [1.82, 2.24) is 9.55 Å². The minimum Gasteiger partial charge on any atom is -0.298 e. The van der Waals surface area contributed by atoms with Crippen LogP contribution in [0.3, 0.4) is 0 Å². The Morgan fingerprint density at radius 3 is 2.85 bits per heavy atom. The third-order valence-corrected chi connectivity index (χ3v) is 2.89. The lowest BCUT2D eigenvalue weighted by Gasteiger charge is -2.05. The van der Waals surface area contributed by atoms with Crippen LogP contribution in [0.25, 0.3) is 10.9 Å². The van der Waals surface area contributed by atoms with Gasteiger partial charge in [-0.15, -0.1) is 0 Å². The lowest BCUT2D eigenvalue weighted by molar-refractivity contribution is -0.384. The molecule has 7 heteroatoms. The topological polar surface area (TPSA) is 95.1 Å². The van der Waals surface area contributed by atoms with Gasteiger partial charge in [0, 0.05) is 18.6 Å². The summed E-state index contributed by atoms with van der Waals surface area (Å²) in [7, 11) is 0. The molecule has 0 fully saturated rings. The van der Waals surface area contributed by atoms with Crippen molar-refractivity contribution in [3.8, 4) is 0 Å². The van der Waals surface area contributed by atoms with Crippen LogP contribution in [0.4, 0.5) is 5.69 Å². The van der Waals surface area contributed by atoms with Crippen molar-refractivity contribution in [1.29, 1.82) is 0 Å². The number of hydrogen-bond acceptors (Lipinski definition) is 5.